The van der Waals surface area contributed by atoms with Gasteiger partial charge in [-0.1, -0.05) is 30.3 Å². The Morgan fingerprint density at radius 2 is 1.80 bits per heavy atom. The number of nitrogens with two attached hydrogens (primary N) is 1. The number of nitrogens with zero attached hydrogens (tertiary/aromatic N) is 6. The van der Waals surface area contributed by atoms with Crippen LogP contribution in [0, 0.1) is 11.8 Å². The van der Waals surface area contributed by atoms with E-state index in [9.17, 15) is 9.59 Å². The van der Waals surface area contributed by atoms with E-state index in [1.807, 2.05) is 54.4 Å². The Labute approximate surface area is 291 Å². The normalized spacial score (nSPS) is 23.0. The highest BCUT2D eigenvalue weighted by Gasteiger charge is 2.47. The highest BCUT2D eigenvalue weighted by molar-refractivity contribution is 6.00. The van der Waals surface area contributed by atoms with Crippen molar-refractivity contribution in [1.82, 2.24) is 28.9 Å². The second-order valence-electron chi connectivity index (χ2n) is 14.7. The number of ether oxygens (including phenoxy) is 2. The molecule has 1 unspecified atom stereocenters. The molecule has 4 aliphatic rings. The zero-order valence-corrected chi connectivity index (χ0v) is 28.6. The average Bonchev–Trinajstić information content (AvgIpc) is 3.45. The smallest absolute Gasteiger partial charge is 0.410 e. The second kappa shape index (κ2) is 12.2. The standard InChI is InChI=1S/C39H43N7O4/c1-43-35-30(16-28(18-33(35)49-2)38(47)46-21-27-11-13-31(46)34(27)40)42-37(43)32-17-25-10-12-29(41-36(25)45(32)19-23-8-9-23)26-14-15-44(20-26)39(48)50-22-24-6-4-3-5-7-24/h3-7,10,12,16-18,23,26-27,31,34H,8-9,11,13-15,19-22,40H2,1-2H3/t26?,27-,31-,34-/m1/s1. The van der Waals surface area contributed by atoms with Gasteiger partial charge in [0, 0.05) is 67.9 Å². The molecule has 2 aliphatic carbocycles. The van der Waals surface area contributed by atoms with Crippen LogP contribution in [0.4, 0.5) is 4.79 Å². The minimum absolute atomic E-state index is 0.00503. The molecule has 2 saturated carbocycles. The Morgan fingerprint density at radius 3 is 2.54 bits per heavy atom. The summed E-state index contributed by atoms with van der Waals surface area (Å²) in [4.78, 5) is 40.9. The molecule has 4 fully saturated rings. The number of fused-ring (bicyclic) bond motifs is 4. The van der Waals surface area contributed by atoms with E-state index >= 15 is 0 Å². The summed E-state index contributed by atoms with van der Waals surface area (Å²) in [5.74, 6) is 2.54. The maximum Gasteiger partial charge on any atom is 0.410 e. The number of pyridine rings is 1. The predicted molar refractivity (Wildman–Crippen MR) is 190 cm³/mol. The van der Waals surface area contributed by atoms with E-state index in [0.29, 0.717) is 42.8 Å². The Bertz CT molecular complexity index is 2120. The number of carbonyl (C=O) groups excluding carboxylic acids is 2. The number of amides is 2. The molecule has 2 saturated heterocycles. The van der Waals surface area contributed by atoms with Gasteiger partial charge in [0.2, 0.25) is 0 Å². The first kappa shape index (κ1) is 31.1. The molecule has 2 N–H and O–H groups in total. The van der Waals surface area contributed by atoms with Crippen LogP contribution in [0.5, 0.6) is 5.75 Å². The molecular formula is C39H43N7O4. The van der Waals surface area contributed by atoms with E-state index in [4.69, 9.17) is 25.2 Å². The van der Waals surface area contributed by atoms with E-state index in [1.54, 1.807) is 12.0 Å². The number of likely N-dealkylation sites (tertiary alicyclic amines) is 2. The molecule has 4 atom stereocenters. The van der Waals surface area contributed by atoms with Gasteiger partial charge in [-0.15, -0.1) is 0 Å². The fraction of sp³-hybridized carbons (Fsp3) is 0.436. The van der Waals surface area contributed by atoms with Crippen molar-refractivity contribution in [1.29, 1.82) is 0 Å². The van der Waals surface area contributed by atoms with Crippen molar-refractivity contribution in [2.75, 3.05) is 26.7 Å². The molecule has 11 nitrogen and oxygen atoms in total. The van der Waals surface area contributed by atoms with Crippen molar-refractivity contribution < 1.29 is 19.1 Å². The molecule has 9 rings (SSSR count). The Balaban J connectivity index is 1.02. The van der Waals surface area contributed by atoms with Gasteiger partial charge in [0.25, 0.3) is 5.91 Å². The Morgan fingerprint density at radius 1 is 0.960 bits per heavy atom. The largest absolute Gasteiger partial charge is 0.494 e. The number of imidazole rings is 1. The molecule has 3 aromatic heterocycles. The molecule has 2 aliphatic heterocycles. The number of hydrogen-bond acceptors (Lipinski definition) is 7. The van der Waals surface area contributed by atoms with Crippen molar-refractivity contribution in [2.24, 2.45) is 24.6 Å². The van der Waals surface area contributed by atoms with Crippen LogP contribution in [0.25, 0.3) is 33.6 Å². The van der Waals surface area contributed by atoms with Gasteiger partial charge in [0.1, 0.15) is 23.5 Å². The maximum absolute atomic E-state index is 13.8. The summed E-state index contributed by atoms with van der Waals surface area (Å²) in [5.41, 5.74) is 12.5. The number of aromatic nitrogens is 4. The van der Waals surface area contributed by atoms with Crippen LogP contribution in [0.3, 0.4) is 0 Å². The summed E-state index contributed by atoms with van der Waals surface area (Å²) in [6.45, 7) is 3.07. The zero-order chi connectivity index (χ0) is 34.1. The highest BCUT2D eigenvalue weighted by atomic mass is 16.6. The topological polar surface area (TPSA) is 121 Å². The highest BCUT2D eigenvalue weighted by Crippen LogP contribution is 2.40. The van der Waals surface area contributed by atoms with Gasteiger partial charge < -0.3 is 34.1 Å². The van der Waals surface area contributed by atoms with Gasteiger partial charge in [0.15, 0.2) is 5.82 Å². The summed E-state index contributed by atoms with van der Waals surface area (Å²) in [7, 11) is 3.65. The molecule has 50 heavy (non-hydrogen) atoms. The first-order chi connectivity index (χ1) is 24.4. The van der Waals surface area contributed by atoms with Gasteiger partial charge in [0.05, 0.1) is 18.3 Å². The molecule has 5 heterocycles. The van der Waals surface area contributed by atoms with Crippen molar-refractivity contribution in [3.8, 4) is 17.3 Å². The number of carbonyl (C=O) groups is 2. The summed E-state index contributed by atoms with van der Waals surface area (Å²) >= 11 is 0. The molecule has 11 heteroatoms. The lowest BCUT2D eigenvalue weighted by atomic mass is 10.0. The number of rotatable bonds is 8. The third-order valence-corrected chi connectivity index (χ3v) is 11.5. The fourth-order valence-corrected chi connectivity index (χ4v) is 8.54. The summed E-state index contributed by atoms with van der Waals surface area (Å²) in [6, 6.07) is 20.1. The lowest BCUT2D eigenvalue weighted by molar-refractivity contribution is 0.0700. The molecular weight excluding hydrogens is 630 g/mol. The monoisotopic (exact) mass is 673 g/mol. The van der Waals surface area contributed by atoms with Crippen LogP contribution in [-0.4, -0.2) is 79.7 Å². The molecule has 258 valence electrons. The van der Waals surface area contributed by atoms with Crippen molar-refractivity contribution in [3.63, 3.8) is 0 Å². The zero-order valence-electron chi connectivity index (χ0n) is 28.6. The number of piperidine rings is 1. The number of aryl methyl sites for hydroxylation is 1. The fourth-order valence-electron chi connectivity index (χ4n) is 8.54. The molecule has 2 bridgehead atoms. The number of methoxy groups -OCH3 is 1. The predicted octanol–water partition coefficient (Wildman–Crippen LogP) is 5.70. The quantitative estimate of drug-likeness (QED) is 0.225. The second-order valence-corrected chi connectivity index (χ2v) is 14.7. The molecule has 0 radical (unpaired) electrons. The van der Waals surface area contributed by atoms with E-state index in [-0.39, 0.29) is 36.6 Å². The lowest BCUT2D eigenvalue weighted by Crippen LogP contribution is -2.41. The SMILES string of the molecule is COc1cc(C(=O)N2C[C@H]3CC[C@@H]2[C@@H]3N)cc2nc(-c3cc4ccc(C5CCN(C(=O)OCc6ccccc6)C5)nc4n3CC3CC3)n(C)c12. The van der Waals surface area contributed by atoms with Crippen molar-refractivity contribution in [2.45, 2.75) is 63.3 Å². The average molecular weight is 674 g/mol. The van der Waals surface area contributed by atoms with Crippen LogP contribution in [0.2, 0.25) is 0 Å². The maximum atomic E-state index is 13.8. The summed E-state index contributed by atoms with van der Waals surface area (Å²) in [5, 5.41) is 1.05. The van der Waals surface area contributed by atoms with Crippen LogP contribution < -0.4 is 10.5 Å². The van der Waals surface area contributed by atoms with Crippen LogP contribution in [-0.2, 0) is 24.9 Å². The van der Waals surface area contributed by atoms with E-state index in [2.05, 4.69) is 27.3 Å². The molecule has 0 spiro atoms. The molecule has 2 amide bonds. The van der Waals surface area contributed by atoms with Crippen LogP contribution >= 0.6 is 0 Å². The van der Waals surface area contributed by atoms with Gasteiger partial charge in [-0.2, -0.15) is 0 Å². The Hall–Kier alpha value is -4.90. The first-order valence-electron chi connectivity index (χ1n) is 17.9. The van der Waals surface area contributed by atoms with Crippen molar-refractivity contribution >= 4 is 34.1 Å². The minimum Gasteiger partial charge on any atom is -0.494 e. The minimum atomic E-state index is -0.282. The number of hydrogen-bond donors (Lipinski definition) is 1. The van der Waals surface area contributed by atoms with Gasteiger partial charge in [-0.3, -0.25) is 4.79 Å². The summed E-state index contributed by atoms with van der Waals surface area (Å²) < 4.78 is 15.9. The third kappa shape index (κ3) is 5.30. The lowest BCUT2D eigenvalue weighted by Gasteiger charge is -2.27. The van der Waals surface area contributed by atoms with Gasteiger partial charge in [-0.05, 0) is 79.8 Å². The number of benzene rings is 2. The van der Waals surface area contributed by atoms with E-state index < -0.39 is 0 Å². The van der Waals surface area contributed by atoms with E-state index in [1.165, 1.54) is 12.8 Å². The molecule has 2 aromatic carbocycles. The molecule has 5 aromatic rings. The van der Waals surface area contributed by atoms with Crippen LogP contribution in [0.1, 0.15) is 59.6 Å². The van der Waals surface area contributed by atoms with Crippen molar-refractivity contribution in [3.05, 3.63) is 77.5 Å². The van der Waals surface area contributed by atoms with Gasteiger partial charge >= 0.3 is 6.09 Å². The van der Waals surface area contributed by atoms with E-state index in [0.717, 1.165) is 70.6 Å². The first-order valence-corrected chi connectivity index (χ1v) is 17.9. The Kier molecular flexibility index (Phi) is 7.56. The van der Waals surface area contributed by atoms with Gasteiger partial charge in [-0.25, -0.2) is 14.8 Å². The third-order valence-electron chi connectivity index (χ3n) is 11.5. The van der Waals surface area contributed by atoms with Crippen LogP contribution in [0.15, 0.2) is 60.7 Å². The summed E-state index contributed by atoms with van der Waals surface area (Å²) in [6.07, 6.45) is 5.01.